The fourth-order valence-corrected chi connectivity index (χ4v) is 2.31. The van der Waals surface area contributed by atoms with Crippen LogP contribution in [-0.2, 0) is 4.79 Å². The molecule has 0 bridgehead atoms. The van der Waals surface area contributed by atoms with Gasteiger partial charge >= 0.3 is 0 Å². The number of nitrogens with zero attached hydrogens (tertiary/aromatic N) is 2. The van der Waals surface area contributed by atoms with Crippen LogP contribution in [0, 0.1) is 10.1 Å². The molecule has 2 aromatic carbocycles. The van der Waals surface area contributed by atoms with E-state index in [2.05, 4.69) is 26.5 Å². The van der Waals surface area contributed by atoms with Crippen LogP contribution in [-0.4, -0.2) is 30.8 Å². The number of hydrogen-bond acceptors (Lipinski definition) is 6. The summed E-state index contributed by atoms with van der Waals surface area (Å²) in [5, 5.41) is 14.6. The normalized spacial score (nSPS) is 10.5. The molecule has 0 aliphatic heterocycles. The van der Waals surface area contributed by atoms with Gasteiger partial charge in [-0.25, -0.2) is 5.43 Å². The Morgan fingerprint density at radius 3 is 2.80 bits per heavy atom. The number of nitro benzene ring substituents is 1. The number of hydrogen-bond donors (Lipinski definition) is 1. The van der Waals surface area contributed by atoms with Crippen LogP contribution in [0.1, 0.15) is 5.56 Å². The highest BCUT2D eigenvalue weighted by Gasteiger charge is 2.10. The topological polar surface area (TPSA) is 103 Å². The van der Waals surface area contributed by atoms with Gasteiger partial charge in [-0.1, -0.05) is 12.1 Å². The van der Waals surface area contributed by atoms with Crippen LogP contribution in [0.2, 0.25) is 0 Å². The zero-order chi connectivity index (χ0) is 18.2. The van der Waals surface area contributed by atoms with Crippen molar-refractivity contribution in [2.75, 3.05) is 13.7 Å². The molecule has 2 rings (SSSR count). The molecule has 1 N–H and O–H groups in total. The van der Waals surface area contributed by atoms with E-state index in [1.807, 2.05) is 0 Å². The van der Waals surface area contributed by atoms with Crippen LogP contribution in [0.5, 0.6) is 11.5 Å². The molecule has 0 radical (unpaired) electrons. The third-order valence-electron chi connectivity index (χ3n) is 3.02. The number of ether oxygens (including phenoxy) is 2. The molecule has 2 aromatic rings. The highest BCUT2D eigenvalue weighted by Crippen LogP contribution is 2.28. The zero-order valence-corrected chi connectivity index (χ0v) is 14.7. The van der Waals surface area contributed by atoms with Crippen LogP contribution in [0.15, 0.2) is 52.0 Å². The largest absolute Gasteiger partial charge is 0.497 e. The van der Waals surface area contributed by atoms with Crippen LogP contribution in [0.3, 0.4) is 0 Å². The lowest BCUT2D eigenvalue weighted by molar-refractivity contribution is -0.385. The maximum Gasteiger partial charge on any atom is 0.278 e. The minimum absolute atomic E-state index is 0.0982. The Morgan fingerprint density at radius 1 is 1.36 bits per heavy atom. The molecule has 0 unspecified atom stereocenters. The predicted molar refractivity (Wildman–Crippen MR) is 95.0 cm³/mol. The Bertz CT molecular complexity index is 810. The number of hydrazone groups is 1. The van der Waals surface area contributed by atoms with Crippen molar-refractivity contribution in [1.29, 1.82) is 0 Å². The van der Waals surface area contributed by atoms with Crippen molar-refractivity contribution in [2.24, 2.45) is 5.10 Å². The maximum absolute atomic E-state index is 11.7. The second kappa shape index (κ2) is 8.78. The van der Waals surface area contributed by atoms with E-state index >= 15 is 0 Å². The Morgan fingerprint density at radius 2 is 2.12 bits per heavy atom. The lowest BCUT2D eigenvalue weighted by atomic mass is 10.2. The molecule has 8 nitrogen and oxygen atoms in total. The molecule has 25 heavy (non-hydrogen) atoms. The van der Waals surface area contributed by atoms with E-state index < -0.39 is 10.8 Å². The summed E-state index contributed by atoms with van der Waals surface area (Å²) in [6.45, 7) is -0.265. The molecule has 0 heterocycles. The predicted octanol–water partition coefficient (Wildman–Crippen LogP) is 2.90. The monoisotopic (exact) mass is 407 g/mol. The van der Waals surface area contributed by atoms with Gasteiger partial charge in [0.25, 0.3) is 11.6 Å². The number of carbonyl (C=O) groups is 1. The first-order valence-electron chi connectivity index (χ1n) is 7.03. The third kappa shape index (κ3) is 5.28. The molecular weight excluding hydrogens is 394 g/mol. The number of methoxy groups -OCH3 is 1. The Labute approximate surface area is 151 Å². The van der Waals surface area contributed by atoms with Crippen molar-refractivity contribution in [1.82, 2.24) is 5.43 Å². The Kier molecular flexibility index (Phi) is 6.47. The number of carbonyl (C=O) groups excluding carboxylic acids is 1. The summed E-state index contributed by atoms with van der Waals surface area (Å²) in [6, 6.07) is 11.1. The standard InChI is InChI=1S/C16H14BrN3O5/c1-24-12-6-7-15(13(17)8-12)25-10-16(21)19-18-9-11-4-2-3-5-14(11)20(22)23/h2-9H,10H2,1H3,(H,19,21)/b18-9-. The first-order valence-corrected chi connectivity index (χ1v) is 7.82. The number of amides is 1. The van der Waals surface area contributed by atoms with Gasteiger partial charge < -0.3 is 9.47 Å². The number of nitrogens with one attached hydrogen (secondary N) is 1. The van der Waals surface area contributed by atoms with Crippen molar-refractivity contribution < 1.29 is 19.2 Å². The minimum Gasteiger partial charge on any atom is -0.497 e. The second-order valence-electron chi connectivity index (χ2n) is 4.69. The molecule has 0 spiro atoms. The lowest BCUT2D eigenvalue weighted by Crippen LogP contribution is -2.24. The molecular formula is C16H14BrN3O5. The van der Waals surface area contributed by atoms with E-state index in [1.54, 1.807) is 37.4 Å². The minimum atomic E-state index is -0.520. The molecule has 130 valence electrons. The van der Waals surface area contributed by atoms with E-state index in [0.29, 0.717) is 16.0 Å². The molecule has 0 aliphatic rings. The molecule has 0 saturated heterocycles. The first-order chi connectivity index (χ1) is 12.0. The van der Waals surface area contributed by atoms with Crippen molar-refractivity contribution in [2.45, 2.75) is 0 Å². The van der Waals surface area contributed by atoms with Gasteiger partial charge in [-0.05, 0) is 40.2 Å². The summed E-state index contributed by atoms with van der Waals surface area (Å²) in [6.07, 6.45) is 1.21. The van der Waals surface area contributed by atoms with Crippen LogP contribution in [0.4, 0.5) is 5.69 Å². The van der Waals surface area contributed by atoms with Crippen LogP contribution >= 0.6 is 15.9 Å². The molecule has 0 atom stereocenters. The van der Waals surface area contributed by atoms with Crippen molar-refractivity contribution in [3.63, 3.8) is 0 Å². The van der Waals surface area contributed by atoms with Gasteiger partial charge in [0.1, 0.15) is 11.5 Å². The Hall–Kier alpha value is -2.94. The van der Waals surface area contributed by atoms with E-state index in [1.165, 1.54) is 18.3 Å². The van der Waals surface area contributed by atoms with E-state index in [0.717, 1.165) is 0 Å². The second-order valence-corrected chi connectivity index (χ2v) is 5.55. The number of benzene rings is 2. The smallest absolute Gasteiger partial charge is 0.278 e. The van der Waals surface area contributed by atoms with Crippen LogP contribution in [0.25, 0.3) is 0 Å². The fourth-order valence-electron chi connectivity index (χ4n) is 1.84. The summed E-state index contributed by atoms with van der Waals surface area (Å²) < 4.78 is 11.1. The summed E-state index contributed by atoms with van der Waals surface area (Å²) in [4.78, 5) is 22.1. The fraction of sp³-hybridized carbons (Fsp3) is 0.125. The summed E-state index contributed by atoms with van der Waals surface area (Å²) in [5.41, 5.74) is 2.44. The van der Waals surface area contributed by atoms with Crippen molar-refractivity contribution in [3.05, 3.63) is 62.6 Å². The highest BCUT2D eigenvalue weighted by molar-refractivity contribution is 9.10. The van der Waals surface area contributed by atoms with Gasteiger partial charge in [0.2, 0.25) is 0 Å². The SMILES string of the molecule is COc1ccc(OCC(=O)N/N=C\c2ccccc2[N+](=O)[O-])c(Br)c1. The molecule has 1 amide bonds. The number of rotatable bonds is 7. The molecule has 0 saturated carbocycles. The van der Waals surface area contributed by atoms with E-state index in [9.17, 15) is 14.9 Å². The van der Waals surface area contributed by atoms with Gasteiger partial charge in [0, 0.05) is 6.07 Å². The highest BCUT2D eigenvalue weighted by atomic mass is 79.9. The van der Waals surface area contributed by atoms with Crippen LogP contribution < -0.4 is 14.9 Å². The molecule has 0 fully saturated rings. The summed E-state index contributed by atoms with van der Waals surface area (Å²) >= 11 is 3.31. The van der Waals surface area contributed by atoms with Crippen molar-refractivity contribution >= 4 is 33.7 Å². The quantitative estimate of drug-likeness (QED) is 0.431. The Balaban J connectivity index is 1.90. The van der Waals surface area contributed by atoms with Gasteiger partial charge in [-0.2, -0.15) is 5.10 Å². The van der Waals surface area contributed by atoms with Crippen molar-refractivity contribution in [3.8, 4) is 11.5 Å². The zero-order valence-electron chi connectivity index (χ0n) is 13.1. The first kappa shape index (κ1) is 18.4. The van der Waals surface area contributed by atoms with Gasteiger partial charge in [0.15, 0.2) is 6.61 Å². The van der Waals surface area contributed by atoms with Gasteiger partial charge in [-0.3, -0.25) is 14.9 Å². The molecule has 9 heteroatoms. The maximum atomic E-state index is 11.7. The molecule has 0 aromatic heterocycles. The van der Waals surface area contributed by atoms with E-state index in [-0.39, 0.29) is 17.9 Å². The van der Waals surface area contributed by atoms with E-state index in [4.69, 9.17) is 9.47 Å². The van der Waals surface area contributed by atoms with Gasteiger partial charge in [0.05, 0.1) is 28.3 Å². The lowest BCUT2D eigenvalue weighted by Gasteiger charge is -2.08. The molecule has 0 aliphatic carbocycles. The number of halogens is 1. The average Bonchev–Trinajstić information content (AvgIpc) is 2.60. The number of nitro groups is 1. The van der Waals surface area contributed by atoms with Gasteiger partial charge in [-0.15, -0.1) is 0 Å². The summed E-state index contributed by atoms with van der Waals surface area (Å²) in [7, 11) is 1.55. The number of para-hydroxylation sites is 1. The third-order valence-corrected chi connectivity index (χ3v) is 3.64. The summed E-state index contributed by atoms with van der Waals surface area (Å²) in [5.74, 6) is 0.619. The average molecular weight is 408 g/mol.